The van der Waals surface area contributed by atoms with Gasteiger partial charge >= 0.3 is 0 Å². The van der Waals surface area contributed by atoms with Crippen LogP contribution in [0.25, 0.3) is 42.1 Å². The molecule has 0 aliphatic heterocycles. The van der Waals surface area contributed by atoms with E-state index in [-0.39, 0.29) is 5.41 Å². The molecule has 0 saturated heterocycles. The summed E-state index contributed by atoms with van der Waals surface area (Å²) in [5.74, 6) is 3.00. The molecule has 2 heteroatoms. The zero-order chi connectivity index (χ0) is 42.7. The fourth-order valence-corrected chi connectivity index (χ4v) is 15.6. The number of thiophene rings is 1. The van der Waals surface area contributed by atoms with E-state index in [9.17, 15) is 0 Å². The minimum absolute atomic E-state index is 0.0262. The first-order valence-corrected chi connectivity index (χ1v) is 24.7. The Hall–Kier alpha value is -6.74. The van der Waals surface area contributed by atoms with Crippen molar-refractivity contribution >= 4 is 59.3 Å². The molecule has 4 bridgehead atoms. The van der Waals surface area contributed by atoms with Crippen molar-refractivity contribution in [1.29, 1.82) is 0 Å². The fourth-order valence-electron chi connectivity index (χ4n) is 14.3. The monoisotopic (exact) mass is 851 g/mol. The Balaban J connectivity index is 1.05. The highest BCUT2D eigenvalue weighted by Gasteiger charge is 2.63. The van der Waals surface area contributed by atoms with E-state index in [1.54, 1.807) is 11.1 Å². The largest absolute Gasteiger partial charge is 0.310 e. The molecule has 0 amide bonds. The Morgan fingerprint density at radius 3 is 1.75 bits per heavy atom. The molecule has 5 aliphatic carbocycles. The summed E-state index contributed by atoms with van der Waals surface area (Å²) >= 11 is 1.90. The number of fused-ring (bicyclic) bond motifs is 6. The highest BCUT2D eigenvalue weighted by atomic mass is 32.1. The number of benzene rings is 9. The lowest BCUT2D eigenvalue weighted by Crippen LogP contribution is -2.59. The molecular formula is C63H49NS. The quantitative estimate of drug-likeness (QED) is 0.161. The maximum atomic E-state index is 2.65. The maximum absolute atomic E-state index is 2.65. The molecule has 4 fully saturated rings. The van der Waals surface area contributed by atoms with Crippen LogP contribution in [0.1, 0.15) is 65.5 Å². The van der Waals surface area contributed by atoms with Crippen LogP contribution in [0.5, 0.6) is 0 Å². The minimum atomic E-state index is -0.530. The van der Waals surface area contributed by atoms with E-state index in [2.05, 4.69) is 217 Å². The molecule has 65 heavy (non-hydrogen) atoms. The molecule has 0 N–H and O–H groups in total. The minimum Gasteiger partial charge on any atom is -0.310 e. The Morgan fingerprint density at radius 2 is 0.985 bits per heavy atom. The van der Waals surface area contributed by atoms with Crippen molar-refractivity contribution in [2.75, 3.05) is 4.90 Å². The summed E-state index contributed by atoms with van der Waals surface area (Å²) in [6.07, 6.45) is 6.80. The van der Waals surface area contributed by atoms with Crippen molar-refractivity contribution < 1.29 is 0 Å². The summed E-state index contributed by atoms with van der Waals surface area (Å²) < 4.78 is 2.67. The average molecular weight is 852 g/mol. The van der Waals surface area contributed by atoms with Crippen LogP contribution in [0.4, 0.5) is 17.1 Å². The second-order valence-corrected chi connectivity index (χ2v) is 20.7. The average Bonchev–Trinajstić information content (AvgIpc) is 3.75. The molecule has 1 spiro atoms. The van der Waals surface area contributed by atoms with Crippen LogP contribution in [0, 0.1) is 23.7 Å². The van der Waals surface area contributed by atoms with E-state index in [1.165, 1.54) is 102 Å². The molecule has 15 rings (SSSR count). The molecule has 1 heterocycles. The van der Waals surface area contributed by atoms with E-state index in [0.717, 1.165) is 23.2 Å². The van der Waals surface area contributed by atoms with Crippen molar-refractivity contribution in [1.82, 2.24) is 0 Å². The van der Waals surface area contributed by atoms with Crippen LogP contribution in [-0.4, -0.2) is 0 Å². The summed E-state index contributed by atoms with van der Waals surface area (Å²) in [5.41, 5.74) is 14.1. The molecule has 9 aromatic carbocycles. The van der Waals surface area contributed by atoms with Gasteiger partial charge in [0.05, 0.1) is 5.41 Å². The van der Waals surface area contributed by atoms with Crippen molar-refractivity contribution in [2.24, 2.45) is 23.7 Å². The summed E-state index contributed by atoms with van der Waals surface area (Å²) in [7, 11) is 0. The number of hydrogen-bond acceptors (Lipinski definition) is 2. The van der Waals surface area contributed by atoms with Gasteiger partial charge in [0.2, 0.25) is 0 Å². The van der Waals surface area contributed by atoms with Gasteiger partial charge in [-0.05, 0) is 154 Å². The lowest BCUT2D eigenvalue weighted by atomic mass is 9.38. The van der Waals surface area contributed by atoms with Gasteiger partial charge in [0.15, 0.2) is 0 Å². The highest BCUT2D eigenvalue weighted by molar-refractivity contribution is 7.26. The number of rotatable bonds is 6. The zero-order valence-corrected chi connectivity index (χ0v) is 37.2. The maximum Gasteiger partial charge on any atom is 0.0708 e. The second kappa shape index (κ2) is 14.4. The molecule has 10 aromatic rings. The van der Waals surface area contributed by atoms with Crippen LogP contribution in [0.3, 0.4) is 0 Å². The highest BCUT2D eigenvalue weighted by Crippen LogP contribution is 2.70. The molecule has 0 atom stereocenters. The van der Waals surface area contributed by atoms with Crippen molar-refractivity contribution in [3.8, 4) is 11.1 Å². The molecule has 1 nitrogen and oxygen atoms in total. The second-order valence-electron chi connectivity index (χ2n) is 19.6. The number of hydrogen-bond donors (Lipinski definition) is 0. The molecule has 1 aromatic heterocycles. The first-order valence-electron chi connectivity index (χ1n) is 23.8. The van der Waals surface area contributed by atoms with Crippen LogP contribution < -0.4 is 4.90 Å². The third-order valence-corrected chi connectivity index (χ3v) is 17.8. The Bertz CT molecular complexity index is 3400. The van der Waals surface area contributed by atoms with Gasteiger partial charge < -0.3 is 4.90 Å². The molecule has 0 radical (unpaired) electrons. The van der Waals surface area contributed by atoms with Crippen LogP contribution in [0.2, 0.25) is 0 Å². The Labute approximate surface area is 385 Å². The van der Waals surface area contributed by atoms with E-state index >= 15 is 0 Å². The van der Waals surface area contributed by atoms with E-state index in [1.807, 2.05) is 11.3 Å². The van der Waals surface area contributed by atoms with E-state index in [4.69, 9.17) is 0 Å². The smallest absolute Gasteiger partial charge is 0.0708 e. The SMILES string of the molecule is c1ccc(C2(c3ccccc3)c3ccccc3C3(c4ccc(N(c5cccc(-c6cccc7c6sc6ccccc67)c5)c5ccc6ccccc6c5)cc42)C2CC4CC(C2)CC3C4)cc1. The van der Waals surface area contributed by atoms with Crippen LogP contribution in [0.15, 0.2) is 212 Å². The van der Waals surface area contributed by atoms with E-state index in [0.29, 0.717) is 11.8 Å². The van der Waals surface area contributed by atoms with Crippen molar-refractivity contribution in [2.45, 2.75) is 42.9 Å². The summed E-state index contributed by atoms with van der Waals surface area (Å²) in [6.45, 7) is 0. The standard InChI is InChI=1S/C63H49NS/c1-3-18-46(19-4-1)62(47-20-5-2-6-21-47)56-26-10-11-27-57(56)63(48-34-41-33-42(36-48)37-49(63)35-41)58-32-31-52(40-59(58)62)64(51-30-29-43-15-7-8-16-44(43)38-51)50-22-13-17-45(39-50)53-24-14-25-55-54-23-9-12-28-60(54)65-61(53)55/h1-32,38-42,48-49H,33-37H2. The van der Waals surface area contributed by atoms with Crippen molar-refractivity contribution in [3.63, 3.8) is 0 Å². The molecule has 4 saturated carbocycles. The third kappa shape index (κ3) is 5.38. The van der Waals surface area contributed by atoms with Gasteiger partial charge in [-0.3, -0.25) is 0 Å². The molecule has 312 valence electrons. The lowest BCUT2D eigenvalue weighted by molar-refractivity contribution is -0.0440. The van der Waals surface area contributed by atoms with Gasteiger partial charge in [0.1, 0.15) is 0 Å². The summed E-state index contributed by atoms with van der Waals surface area (Å²) in [6, 6.07) is 81.3. The van der Waals surface area contributed by atoms with Gasteiger partial charge in [0, 0.05) is 42.6 Å². The number of anilines is 3. The molecule has 0 unspecified atom stereocenters. The normalized spacial score (nSPS) is 22.3. The predicted molar refractivity (Wildman–Crippen MR) is 273 cm³/mol. The van der Waals surface area contributed by atoms with Gasteiger partial charge in [-0.1, -0.05) is 170 Å². The van der Waals surface area contributed by atoms with Gasteiger partial charge in [0.25, 0.3) is 0 Å². The first kappa shape index (κ1) is 37.6. The number of nitrogens with zero attached hydrogens (tertiary/aromatic N) is 1. The van der Waals surface area contributed by atoms with Crippen LogP contribution >= 0.6 is 11.3 Å². The summed E-state index contributed by atoms with van der Waals surface area (Å²) in [4.78, 5) is 2.55. The van der Waals surface area contributed by atoms with Gasteiger partial charge in [-0.15, -0.1) is 11.3 Å². The summed E-state index contributed by atoms with van der Waals surface area (Å²) in [5, 5.41) is 5.14. The molecular weight excluding hydrogens is 803 g/mol. The van der Waals surface area contributed by atoms with Gasteiger partial charge in [-0.2, -0.15) is 0 Å². The van der Waals surface area contributed by atoms with Crippen LogP contribution in [-0.2, 0) is 10.8 Å². The van der Waals surface area contributed by atoms with Crippen molar-refractivity contribution in [3.05, 3.63) is 246 Å². The fraction of sp³-hybridized carbons (Fsp3) is 0.175. The Kier molecular flexibility index (Phi) is 8.32. The lowest BCUT2D eigenvalue weighted by Gasteiger charge is -2.65. The third-order valence-electron chi connectivity index (χ3n) is 16.5. The van der Waals surface area contributed by atoms with Gasteiger partial charge in [-0.25, -0.2) is 0 Å². The Morgan fingerprint density at radius 1 is 0.400 bits per heavy atom. The van der Waals surface area contributed by atoms with E-state index < -0.39 is 5.41 Å². The zero-order valence-electron chi connectivity index (χ0n) is 36.4. The topological polar surface area (TPSA) is 3.24 Å². The first-order chi connectivity index (χ1) is 32.2. The molecule has 5 aliphatic rings. The predicted octanol–water partition coefficient (Wildman–Crippen LogP) is 16.8.